The quantitative estimate of drug-likeness (QED) is 0.112. The molecule has 5 atom stereocenters. The van der Waals surface area contributed by atoms with Crippen LogP contribution in [0.2, 0.25) is 0 Å². The molecule has 3 heterocycles. The first-order valence-corrected chi connectivity index (χ1v) is 16.9. The normalized spacial score (nSPS) is 22.1. The fraction of sp³-hybridized carbons (Fsp3) is 0.316. The summed E-state index contributed by atoms with van der Waals surface area (Å²) < 4.78 is 48.1. The Kier molecular flexibility index (Phi) is 9.60. The van der Waals surface area contributed by atoms with Crippen molar-refractivity contribution in [3.63, 3.8) is 0 Å². The molecule has 1 amide bonds. The molecule has 1 aliphatic heterocycles. The summed E-state index contributed by atoms with van der Waals surface area (Å²) in [7, 11) is -15.6. The Labute approximate surface area is 236 Å². The van der Waals surface area contributed by atoms with E-state index in [1.165, 1.54) is 17.2 Å². The highest BCUT2D eigenvalue weighted by molar-refractivity contribution is 8.36. The van der Waals surface area contributed by atoms with Gasteiger partial charge in [0.25, 0.3) is 5.91 Å². The minimum atomic E-state index is -5.52. The highest BCUT2D eigenvalue weighted by Crippen LogP contribution is 2.70. The van der Waals surface area contributed by atoms with Gasteiger partial charge < -0.3 is 36.8 Å². The molecule has 5 N–H and O–H groups in total. The molecular formula is C19H22N5O13P3S. The second kappa shape index (κ2) is 12.5. The number of carbonyl (C=O) groups is 2. The number of amides is 1. The average molecular weight is 653 g/mol. The third kappa shape index (κ3) is 8.58. The molecule has 0 saturated carbocycles. The number of hydrogen-bond donors (Lipinski definition) is 5. The molecule has 1 aromatic carbocycles. The maximum Gasteiger partial charge on any atom is 0.518 e. The number of carbonyl (C=O) groups excluding carboxylic acids is 2. The number of hydrogen-bond acceptors (Lipinski definition) is 14. The molecule has 0 aliphatic carbocycles. The lowest BCUT2D eigenvalue weighted by Gasteiger charge is -2.25. The van der Waals surface area contributed by atoms with E-state index in [-0.39, 0.29) is 23.4 Å². The molecule has 1 aliphatic rings. The molecule has 0 radical (unpaired) electrons. The summed E-state index contributed by atoms with van der Waals surface area (Å²) in [5, 5.41) is 2.67. The van der Waals surface area contributed by atoms with E-state index in [1.54, 1.807) is 30.3 Å². The Morgan fingerprint density at radius 3 is 2.56 bits per heavy atom. The highest BCUT2D eigenvalue weighted by atomic mass is 32.7. The van der Waals surface area contributed by atoms with E-state index in [0.29, 0.717) is 5.56 Å². The SMILES string of the molecule is CC(=O)O[C@H]1C[C@H](n2cnc3c(NC(=O)c4ccccc4)ncnc32)O[C@@H]1CO[P+](O)([S-])OP(=O)(O)OP(=O)(O)O. The Morgan fingerprint density at radius 1 is 1.20 bits per heavy atom. The lowest BCUT2D eigenvalue weighted by Crippen LogP contribution is -2.30. The van der Waals surface area contributed by atoms with Crippen LogP contribution in [0, 0.1) is 0 Å². The molecule has 2 unspecified atom stereocenters. The van der Waals surface area contributed by atoms with Gasteiger partial charge in [-0.1, -0.05) is 22.5 Å². The van der Waals surface area contributed by atoms with Gasteiger partial charge in [0.15, 0.2) is 17.0 Å². The highest BCUT2D eigenvalue weighted by Gasteiger charge is 2.46. The zero-order valence-corrected chi connectivity index (χ0v) is 24.2. The third-order valence-electron chi connectivity index (χ3n) is 5.25. The van der Waals surface area contributed by atoms with Crippen LogP contribution in [0.5, 0.6) is 0 Å². The van der Waals surface area contributed by atoms with Gasteiger partial charge in [-0.2, -0.15) is 8.83 Å². The zero-order valence-electron chi connectivity index (χ0n) is 20.7. The monoisotopic (exact) mass is 653 g/mol. The van der Waals surface area contributed by atoms with Crippen LogP contribution in [0.4, 0.5) is 5.82 Å². The van der Waals surface area contributed by atoms with Gasteiger partial charge in [0.1, 0.15) is 31.4 Å². The molecule has 41 heavy (non-hydrogen) atoms. The van der Waals surface area contributed by atoms with Gasteiger partial charge >= 0.3 is 28.8 Å². The van der Waals surface area contributed by atoms with Crippen LogP contribution in [-0.2, 0) is 48.8 Å². The summed E-state index contributed by atoms with van der Waals surface area (Å²) in [4.78, 5) is 73.9. The summed E-state index contributed by atoms with van der Waals surface area (Å²) >= 11 is 4.63. The van der Waals surface area contributed by atoms with E-state index >= 15 is 0 Å². The van der Waals surface area contributed by atoms with E-state index in [9.17, 15) is 28.5 Å². The van der Waals surface area contributed by atoms with Crippen LogP contribution in [0.3, 0.4) is 0 Å². The molecule has 22 heteroatoms. The standard InChI is InChI=1S/C19H22N5O13P3S/c1-11(25)34-13-7-15(35-14(13)8-33-40(32,41)37-39(30,31)36-38(27,28)29)24-10-22-16-17(20-9-21-18(16)24)23-19(26)12-5-3-2-4-6-12/h2-6,9-10,13-15H,7-8H2,1H3,(H,30,31)(H,32,41)(H2,27,28,29)(H,20,21,23,26)/t13-,14+,15+,40?/m0/s1. The van der Waals surface area contributed by atoms with Gasteiger partial charge in [0.05, 0.1) is 6.33 Å². The molecule has 222 valence electrons. The first kappa shape index (κ1) is 31.6. The lowest BCUT2D eigenvalue weighted by atomic mass is 10.2. The Morgan fingerprint density at radius 2 is 1.90 bits per heavy atom. The molecule has 1 fully saturated rings. The second-order valence-corrected chi connectivity index (χ2v) is 14.1. The lowest BCUT2D eigenvalue weighted by molar-refractivity contribution is -0.150. The van der Waals surface area contributed by atoms with Gasteiger partial charge in [-0.15, -0.1) is 0 Å². The molecule has 2 aromatic heterocycles. The summed E-state index contributed by atoms with van der Waals surface area (Å²) in [6.45, 7) is 0.506. The number of benzene rings is 1. The first-order chi connectivity index (χ1) is 19.1. The van der Waals surface area contributed by atoms with Gasteiger partial charge in [0, 0.05) is 18.9 Å². The van der Waals surface area contributed by atoms with Crippen LogP contribution in [0.1, 0.15) is 29.9 Å². The third-order valence-corrected chi connectivity index (χ3v) is 9.97. The number of anilines is 1. The van der Waals surface area contributed by atoms with Gasteiger partial charge in [-0.25, -0.2) is 29.0 Å². The van der Waals surface area contributed by atoms with Crippen molar-refractivity contribution < 1.29 is 60.9 Å². The predicted molar refractivity (Wildman–Crippen MR) is 140 cm³/mol. The maximum atomic E-state index is 12.6. The van der Waals surface area contributed by atoms with Gasteiger partial charge in [-0.05, 0) is 12.1 Å². The minimum Gasteiger partial charge on any atom is -0.460 e. The van der Waals surface area contributed by atoms with Crippen LogP contribution < -0.4 is 5.32 Å². The maximum absolute atomic E-state index is 12.6. The van der Waals surface area contributed by atoms with E-state index < -0.39 is 59.7 Å². The molecule has 1 saturated heterocycles. The van der Waals surface area contributed by atoms with Crippen molar-refractivity contribution in [1.29, 1.82) is 0 Å². The van der Waals surface area contributed by atoms with Crippen LogP contribution in [-0.4, -0.2) is 69.8 Å². The summed E-state index contributed by atoms with van der Waals surface area (Å²) in [6.07, 6.45) is -0.367. The van der Waals surface area contributed by atoms with E-state index in [1.807, 2.05) is 0 Å². The number of aromatic nitrogens is 4. The van der Waals surface area contributed by atoms with E-state index in [0.717, 1.165) is 6.92 Å². The second-order valence-electron chi connectivity index (χ2n) is 8.27. The number of rotatable bonds is 11. The molecule has 4 rings (SSSR count). The minimum absolute atomic E-state index is 0.0315. The van der Waals surface area contributed by atoms with Crippen molar-refractivity contribution in [3.8, 4) is 0 Å². The topological polar surface area (TPSA) is 251 Å². The number of nitrogens with one attached hydrogen (secondary N) is 1. The smallest absolute Gasteiger partial charge is 0.460 e. The van der Waals surface area contributed by atoms with Crippen LogP contribution in [0.15, 0.2) is 43.0 Å². The number of fused-ring (bicyclic) bond motifs is 1. The molecule has 0 bridgehead atoms. The fourth-order valence-electron chi connectivity index (χ4n) is 3.75. The van der Waals surface area contributed by atoms with Crippen molar-refractivity contribution in [2.75, 3.05) is 11.9 Å². The van der Waals surface area contributed by atoms with E-state index in [4.69, 9.17) is 23.8 Å². The van der Waals surface area contributed by atoms with Gasteiger partial charge in [-0.3, -0.25) is 19.0 Å². The summed E-state index contributed by atoms with van der Waals surface area (Å²) in [5.74, 6) is -0.978. The number of phosphoric acid groups is 2. The largest absolute Gasteiger partial charge is 0.518 e. The fourth-order valence-corrected chi connectivity index (χ4v) is 7.72. The number of imidazole rings is 1. The van der Waals surface area contributed by atoms with Crippen molar-refractivity contribution in [2.24, 2.45) is 0 Å². The predicted octanol–water partition coefficient (Wildman–Crippen LogP) is 1.76. The Bertz CT molecular complexity index is 1520. The van der Waals surface area contributed by atoms with Gasteiger partial charge in [0.2, 0.25) is 0 Å². The number of ether oxygens (including phenoxy) is 2. The first-order valence-electron chi connectivity index (χ1n) is 11.3. The number of esters is 1. The van der Waals surface area contributed by atoms with Crippen molar-refractivity contribution in [2.45, 2.75) is 31.8 Å². The molecule has 0 spiro atoms. The van der Waals surface area contributed by atoms with Crippen molar-refractivity contribution >= 4 is 63.9 Å². The van der Waals surface area contributed by atoms with Crippen LogP contribution in [0.25, 0.3) is 11.2 Å². The molecule has 18 nitrogen and oxygen atoms in total. The van der Waals surface area contributed by atoms with Crippen LogP contribution >= 0.6 is 22.8 Å². The number of nitrogens with zero attached hydrogens (tertiary/aromatic N) is 4. The molecule has 3 aromatic rings. The van der Waals surface area contributed by atoms with Crippen molar-refractivity contribution in [1.82, 2.24) is 19.5 Å². The zero-order chi connectivity index (χ0) is 30.0. The summed E-state index contributed by atoms with van der Waals surface area (Å²) in [5.41, 5.74) is 0.874. The Balaban J connectivity index is 1.49. The Hall–Kier alpha value is -2.37. The average Bonchev–Trinajstić information content (AvgIpc) is 3.45. The summed E-state index contributed by atoms with van der Waals surface area (Å²) in [6, 6.07) is 8.42. The van der Waals surface area contributed by atoms with Crippen molar-refractivity contribution in [3.05, 3.63) is 48.5 Å². The van der Waals surface area contributed by atoms with E-state index in [2.05, 4.69) is 41.1 Å². The molecular weight excluding hydrogens is 631 g/mol.